The molecule has 0 fully saturated rings. The summed E-state index contributed by atoms with van der Waals surface area (Å²) < 4.78 is 7.03. The van der Waals surface area contributed by atoms with Crippen LogP contribution in [0.3, 0.4) is 0 Å². The molecule has 13 aromatic rings. The van der Waals surface area contributed by atoms with Gasteiger partial charge in [0.2, 0.25) is 5.95 Å². The summed E-state index contributed by atoms with van der Waals surface area (Å²) in [5, 5.41) is 7.04. The highest BCUT2D eigenvalue weighted by Crippen LogP contribution is 2.43. The first-order chi connectivity index (χ1) is 31.3. The fraction of sp³-hybridized carbons (Fsp3) is 0. The first kappa shape index (κ1) is 35.2. The molecule has 0 spiro atoms. The van der Waals surface area contributed by atoms with Crippen molar-refractivity contribution < 1.29 is 0 Å². The molecule has 0 radical (unpaired) electrons. The fourth-order valence-corrected chi connectivity index (χ4v) is 9.75. The van der Waals surface area contributed by atoms with Crippen LogP contribution in [-0.2, 0) is 0 Å². The van der Waals surface area contributed by atoms with Gasteiger partial charge in [0.1, 0.15) is 0 Å². The van der Waals surface area contributed by atoms with Gasteiger partial charge in [-0.25, -0.2) is 4.98 Å². The predicted octanol–water partition coefficient (Wildman–Crippen LogP) is 14.2. The minimum absolute atomic E-state index is 0.558. The van der Waals surface area contributed by atoms with Crippen LogP contribution in [0.1, 0.15) is 0 Å². The Balaban J connectivity index is 1.12. The normalized spacial score (nSPS) is 11.8. The van der Waals surface area contributed by atoms with Crippen molar-refractivity contribution in [1.29, 1.82) is 0 Å². The fourth-order valence-electron chi connectivity index (χ4n) is 9.75. The minimum Gasteiger partial charge on any atom is -0.307 e. The zero-order valence-electron chi connectivity index (χ0n) is 34.0. The molecule has 0 bridgehead atoms. The van der Waals surface area contributed by atoms with Gasteiger partial charge in [0.15, 0.2) is 11.6 Å². The summed E-state index contributed by atoms with van der Waals surface area (Å²) in [5.41, 5.74) is 12.8. The molecule has 0 saturated carbocycles. The van der Waals surface area contributed by atoms with E-state index >= 15 is 0 Å². The Bertz CT molecular complexity index is 3840. The van der Waals surface area contributed by atoms with Crippen LogP contribution in [0, 0.1) is 0 Å². The van der Waals surface area contributed by atoms with Crippen LogP contribution in [0.4, 0.5) is 0 Å². The van der Waals surface area contributed by atoms with Gasteiger partial charge in [0.05, 0.1) is 38.8 Å². The van der Waals surface area contributed by atoms with Crippen molar-refractivity contribution in [3.63, 3.8) is 0 Å². The molecule has 0 unspecified atom stereocenters. The molecule has 6 nitrogen and oxygen atoms in total. The van der Waals surface area contributed by atoms with E-state index in [0.717, 1.165) is 77.5 Å². The molecule has 0 saturated heterocycles. The summed E-state index contributed by atoms with van der Waals surface area (Å²) in [6.45, 7) is 0. The number of fused-ring (bicyclic) bond motifs is 10. The molecule has 0 aliphatic carbocycles. The number of aromatic nitrogens is 6. The van der Waals surface area contributed by atoms with E-state index in [1.807, 2.05) is 6.07 Å². The Morgan fingerprint density at radius 3 is 1.32 bits per heavy atom. The minimum atomic E-state index is 0.558. The van der Waals surface area contributed by atoms with Crippen molar-refractivity contribution in [1.82, 2.24) is 28.7 Å². The number of benzene rings is 9. The van der Waals surface area contributed by atoms with Gasteiger partial charge in [-0.3, -0.25) is 4.57 Å². The van der Waals surface area contributed by atoms with Gasteiger partial charge < -0.3 is 9.13 Å². The maximum Gasteiger partial charge on any atom is 0.238 e. The number of rotatable bonds is 6. The smallest absolute Gasteiger partial charge is 0.238 e. The Morgan fingerprint density at radius 1 is 0.270 bits per heavy atom. The monoisotopic (exact) mass is 804 g/mol. The zero-order valence-corrected chi connectivity index (χ0v) is 34.0. The van der Waals surface area contributed by atoms with Crippen molar-refractivity contribution in [2.75, 3.05) is 0 Å². The molecule has 0 aliphatic heterocycles. The Hall–Kier alpha value is -8.61. The van der Waals surface area contributed by atoms with Crippen molar-refractivity contribution in [2.45, 2.75) is 0 Å². The topological polar surface area (TPSA) is 53.5 Å². The lowest BCUT2D eigenvalue weighted by Gasteiger charge is -2.16. The lowest BCUT2D eigenvalue weighted by molar-refractivity contribution is 0.951. The van der Waals surface area contributed by atoms with E-state index in [2.05, 4.69) is 226 Å². The zero-order chi connectivity index (χ0) is 41.4. The van der Waals surface area contributed by atoms with E-state index in [0.29, 0.717) is 17.6 Å². The molecule has 4 aromatic heterocycles. The van der Waals surface area contributed by atoms with Crippen LogP contribution in [0.2, 0.25) is 0 Å². The van der Waals surface area contributed by atoms with Crippen LogP contribution < -0.4 is 0 Å². The third-order valence-electron chi connectivity index (χ3n) is 12.5. The molecule has 4 heterocycles. The largest absolute Gasteiger partial charge is 0.307 e. The first-order valence-electron chi connectivity index (χ1n) is 21.3. The Kier molecular flexibility index (Phi) is 7.80. The third kappa shape index (κ3) is 5.41. The second-order valence-corrected chi connectivity index (χ2v) is 16.0. The van der Waals surface area contributed by atoms with Crippen LogP contribution in [0.5, 0.6) is 0 Å². The molecule has 13 rings (SSSR count). The van der Waals surface area contributed by atoms with Crippen LogP contribution in [0.25, 0.3) is 117 Å². The molecule has 0 N–H and O–H groups in total. The van der Waals surface area contributed by atoms with Crippen LogP contribution in [-0.4, -0.2) is 28.7 Å². The van der Waals surface area contributed by atoms with E-state index in [1.54, 1.807) is 0 Å². The van der Waals surface area contributed by atoms with Gasteiger partial charge in [-0.2, -0.15) is 9.97 Å². The second kappa shape index (κ2) is 14.0. The summed E-state index contributed by atoms with van der Waals surface area (Å²) >= 11 is 0. The lowest BCUT2D eigenvalue weighted by atomic mass is 10.0. The SMILES string of the molecule is c1ccc(-c2ccc(-c3nc(-c4ccccc4-n4c5ccccc5c5ccc6c7ccccc7n(-c7ccccc7)c6c54)nc(-n4c5ccccc5c5ccccc54)n3)cc2)cc1. The van der Waals surface area contributed by atoms with Crippen molar-refractivity contribution in [3.05, 3.63) is 218 Å². The molecular formula is C57H36N6. The maximum absolute atomic E-state index is 5.45. The van der Waals surface area contributed by atoms with Crippen molar-refractivity contribution in [2.24, 2.45) is 0 Å². The van der Waals surface area contributed by atoms with Gasteiger partial charge in [-0.05, 0) is 59.7 Å². The van der Waals surface area contributed by atoms with E-state index < -0.39 is 0 Å². The first-order valence-corrected chi connectivity index (χ1v) is 21.3. The third-order valence-corrected chi connectivity index (χ3v) is 12.5. The van der Waals surface area contributed by atoms with Gasteiger partial charge in [0, 0.05) is 49.1 Å². The molecule has 63 heavy (non-hydrogen) atoms. The molecule has 0 aliphatic rings. The highest BCUT2D eigenvalue weighted by atomic mass is 15.2. The average molecular weight is 805 g/mol. The number of para-hydroxylation sites is 6. The van der Waals surface area contributed by atoms with Gasteiger partial charge in [-0.15, -0.1) is 0 Å². The predicted molar refractivity (Wildman–Crippen MR) is 259 cm³/mol. The maximum atomic E-state index is 5.45. The van der Waals surface area contributed by atoms with Crippen LogP contribution >= 0.6 is 0 Å². The van der Waals surface area contributed by atoms with E-state index in [1.165, 1.54) is 21.5 Å². The highest BCUT2D eigenvalue weighted by Gasteiger charge is 2.24. The molecule has 9 aromatic carbocycles. The summed E-state index contributed by atoms with van der Waals surface area (Å²) in [6.07, 6.45) is 0. The van der Waals surface area contributed by atoms with E-state index in [4.69, 9.17) is 15.0 Å². The van der Waals surface area contributed by atoms with Gasteiger partial charge >= 0.3 is 0 Å². The summed E-state index contributed by atoms with van der Waals surface area (Å²) in [7, 11) is 0. The van der Waals surface area contributed by atoms with Crippen molar-refractivity contribution >= 4 is 65.4 Å². The summed E-state index contributed by atoms with van der Waals surface area (Å²) in [4.78, 5) is 16.1. The Morgan fingerprint density at radius 2 is 0.698 bits per heavy atom. The number of hydrogen-bond acceptors (Lipinski definition) is 3. The highest BCUT2D eigenvalue weighted by molar-refractivity contribution is 6.24. The molecule has 0 atom stereocenters. The molecular weight excluding hydrogens is 769 g/mol. The second-order valence-electron chi connectivity index (χ2n) is 16.0. The van der Waals surface area contributed by atoms with Gasteiger partial charge in [-0.1, -0.05) is 170 Å². The summed E-state index contributed by atoms with van der Waals surface area (Å²) in [6, 6.07) is 77.3. The molecule has 6 heteroatoms. The van der Waals surface area contributed by atoms with Gasteiger partial charge in [0.25, 0.3) is 0 Å². The van der Waals surface area contributed by atoms with E-state index in [9.17, 15) is 0 Å². The lowest BCUT2D eigenvalue weighted by Crippen LogP contribution is -2.08. The van der Waals surface area contributed by atoms with Crippen molar-refractivity contribution in [3.8, 4) is 51.2 Å². The molecule has 0 amide bonds. The molecule has 294 valence electrons. The number of hydrogen-bond donors (Lipinski definition) is 0. The van der Waals surface area contributed by atoms with E-state index in [-0.39, 0.29) is 0 Å². The summed E-state index contributed by atoms with van der Waals surface area (Å²) in [5.74, 6) is 1.74. The number of nitrogens with zero attached hydrogens (tertiary/aromatic N) is 6. The van der Waals surface area contributed by atoms with Crippen LogP contribution in [0.15, 0.2) is 218 Å². The Labute approximate surface area is 362 Å². The average Bonchev–Trinajstić information content (AvgIpc) is 4.00. The quantitative estimate of drug-likeness (QED) is 0.168. The standard InChI is InChI=1S/C57H36N6/c1-3-17-37(18-4-1)38-31-33-39(34-32-38)55-58-56(60-57(59-55)63-50-28-14-7-21-41(50)42-22-8-15-29-51(42)63)47-25-11-16-30-52(47)62-49-27-13-10-24-44(49)46-36-35-45-43-23-9-12-26-48(43)61(53(45)54(46)62)40-19-5-2-6-20-40/h1-36H.